The van der Waals surface area contributed by atoms with Crippen molar-refractivity contribution in [2.75, 3.05) is 5.32 Å². The normalized spacial score (nSPS) is 11.8. The number of benzene rings is 2. The number of nitrogens with zero attached hydrogens (tertiary/aromatic N) is 1. The van der Waals surface area contributed by atoms with Crippen LogP contribution in [-0.4, -0.2) is 5.91 Å². The number of rotatable bonds is 3. The molecule has 3 nitrogen and oxygen atoms in total. The van der Waals surface area contributed by atoms with Gasteiger partial charge in [0.05, 0.1) is 16.3 Å². The zero-order valence-corrected chi connectivity index (χ0v) is 13.9. The molecule has 1 N–H and O–H groups in total. The lowest BCUT2D eigenvalue weighted by atomic mass is 10.1. The third-order valence-corrected chi connectivity index (χ3v) is 3.66. The van der Waals surface area contributed by atoms with Crippen molar-refractivity contribution in [3.05, 3.63) is 69.2 Å². The smallest absolute Gasteiger partial charge is 0.320 e. The van der Waals surface area contributed by atoms with Gasteiger partial charge >= 0.3 is 6.18 Å². The SMILES string of the molecule is N#C/C(=C/c1ccc(C(F)(F)F)cc1)C(=O)Nc1cc(Cl)ccc1Cl. The second kappa shape index (κ2) is 7.60. The van der Waals surface area contributed by atoms with Crippen LogP contribution in [0.15, 0.2) is 48.0 Å². The zero-order chi connectivity index (χ0) is 18.6. The van der Waals surface area contributed by atoms with Crippen LogP contribution in [0.1, 0.15) is 11.1 Å². The summed E-state index contributed by atoms with van der Waals surface area (Å²) in [5.41, 5.74) is -0.626. The van der Waals surface area contributed by atoms with Crippen LogP contribution < -0.4 is 5.32 Å². The van der Waals surface area contributed by atoms with Gasteiger partial charge in [-0.25, -0.2) is 0 Å². The number of nitriles is 1. The maximum Gasteiger partial charge on any atom is 0.416 e. The fraction of sp³-hybridized carbons (Fsp3) is 0.0588. The van der Waals surface area contributed by atoms with Gasteiger partial charge in [-0.2, -0.15) is 18.4 Å². The van der Waals surface area contributed by atoms with Gasteiger partial charge in [0.25, 0.3) is 5.91 Å². The van der Waals surface area contributed by atoms with Gasteiger partial charge in [-0.05, 0) is 42.0 Å². The molecule has 0 heterocycles. The van der Waals surface area contributed by atoms with Gasteiger partial charge < -0.3 is 5.32 Å². The van der Waals surface area contributed by atoms with Gasteiger partial charge in [0, 0.05) is 5.02 Å². The molecule has 0 fully saturated rings. The van der Waals surface area contributed by atoms with Crippen LogP contribution in [0.4, 0.5) is 18.9 Å². The summed E-state index contributed by atoms with van der Waals surface area (Å²) in [6.45, 7) is 0. The highest BCUT2D eigenvalue weighted by Gasteiger charge is 2.29. The van der Waals surface area contributed by atoms with Gasteiger partial charge in [0.15, 0.2) is 0 Å². The summed E-state index contributed by atoms with van der Waals surface area (Å²) in [6.07, 6.45) is -3.28. The zero-order valence-electron chi connectivity index (χ0n) is 12.4. The molecule has 2 aromatic carbocycles. The predicted octanol–water partition coefficient (Wildman–Crippen LogP) is 5.56. The highest BCUT2D eigenvalue weighted by atomic mass is 35.5. The Balaban J connectivity index is 2.23. The summed E-state index contributed by atoms with van der Waals surface area (Å²) >= 11 is 11.7. The topological polar surface area (TPSA) is 52.9 Å². The Morgan fingerprint density at radius 1 is 1.12 bits per heavy atom. The van der Waals surface area contributed by atoms with Crippen molar-refractivity contribution in [2.24, 2.45) is 0 Å². The van der Waals surface area contributed by atoms with E-state index in [-0.39, 0.29) is 21.8 Å². The Bertz CT molecular complexity index is 869. The van der Waals surface area contributed by atoms with Crippen molar-refractivity contribution in [1.29, 1.82) is 5.26 Å². The summed E-state index contributed by atoms with van der Waals surface area (Å²) < 4.78 is 37.6. The number of halogens is 5. The molecule has 0 aromatic heterocycles. The number of amides is 1. The minimum absolute atomic E-state index is 0.215. The van der Waals surface area contributed by atoms with Crippen molar-refractivity contribution in [1.82, 2.24) is 0 Å². The monoisotopic (exact) mass is 384 g/mol. The Kier molecular flexibility index (Phi) is 5.73. The summed E-state index contributed by atoms with van der Waals surface area (Å²) in [7, 11) is 0. The summed E-state index contributed by atoms with van der Waals surface area (Å²) in [5, 5.41) is 12.1. The number of alkyl halides is 3. The number of hydrogen-bond acceptors (Lipinski definition) is 2. The fourth-order valence-electron chi connectivity index (χ4n) is 1.87. The minimum Gasteiger partial charge on any atom is -0.320 e. The predicted molar refractivity (Wildman–Crippen MR) is 90.1 cm³/mol. The lowest BCUT2D eigenvalue weighted by molar-refractivity contribution is -0.137. The second-order valence-electron chi connectivity index (χ2n) is 4.87. The van der Waals surface area contributed by atoms with Crippen LogP contribution in [0.5, 0.6) is 0 Å². The molecule has 0 aliphatic heterocycles. The van der Waals surface area contributed by atoms with Crippen molar-refractivity contribution in [3.8, 4) is 6.07 Å². The Morgan fingerprint density at radius 3 is 2.32 bits per heavy atom. The van der Waals surface area contributed by atoms with E-state index in [0.717, 1.165) is 12.1 Å². The van der Waals surface area contributed by atoms with E-state index in [9.17, 15) is 18.0 Å². The first-order valence-corrected chi connectivity index (χ1v) is 7.52. The molecule has 25 heavy (non-hydrogen) atoms. The molecule has 0 bridgehead atoms. The van der Waals surface area contributed by atoms with Crippen LogP contribution in [-0.2, 0) is 11.0 Å². The van der Waals surface area contributed by atoms with E-state index in [4.69, 9.17) is 28.5 Å². The van der Waals surface area contributed by atoms with Gasteiger partial charge in [0.1, 0.15) is 11.6 Å². The molecule has 128 valence electrons. The standard InChI is InChI=1S/C17H9Cl2F3N2O/c18-13-5-6-14(19)15(8-13)24-16(25)11(9-23)7-10-1-3-12(4-2-10)17(20,21)22/h1-8H,(H,24,25)/b11-7-. The molecular formula is C17H9Cl2F3N2O. The molecule has 0 saturated heterocycles. The lowest BCUT2D eigenvalue weighted by Crippen LogP contribution is -2.13. The van der Waals surface area contributed by atoms with Gasteiger partial charge in [-0.15, -0.1) is 0 Å². The number of nitrogens with one attached hydrogen (secondary N) is 1. The van der Waals surface area contributed by atoms with E-state index in [1.807, 2.05) is 0 Å². The largest absolute Gasteiger partial charge is 0.416 e. The quantitative estimate of drug-likeness (QED) is 0.556. The first-order chi connectivity index (χ1) is 11.7. The minimum atomic E-state index is -4.46. The average molecular weight is 385 g/mol. The van der Waals surface area contributed by atoms with Crippen LogP contribution in [0.2, 0.25) is 10.0 Å². The van der Waals surface area contributed by atoms with E-state index >= 15 is 0 Å². The highest BCUT2D eigenvalue weighted by Crippen LogP contribution is 2.29. The van der Waals surface area contributed by atoms with Crippen LogP contribution in [0, 0.1) is 11.3 Å². The first kappa shape index (κ1) is 18.8. The van der Waals surface area contributed by atoms with E-state index in [1.165, 1.54) is 36.4 Å². The third-order valence-electron chi connectivity index (χ3n) is 3.09. The molecule has 2 rings (SSSR count). The molecule has 2 aromatic rings. The molecule has 0 spiro atoms. The maximum atomic E-state index is 12.5. The number of carbonyl (C=O) groups is 1. The Hall–Kier alpha value is -2.49. The summed E-state index contributed by atoms with van der Waals surface area (Å²) in [5.74, 6) is -0.758. The van der Waals surface area contributed by atoms with Crippen molar-refractivity contribution < 1.29 is 18.0 Å². The lowest BCUT2D eigenvalue weighted by Gasteiger charge is -2.08. The number of anilines is 1. The fourth-order valence-corrected chi connectivity index (χ4v) is 2.20. The number of carbonyl (C=O) groups excluding carboxylic acids is 1. The molecule has 0 radical (unpaired) electrons. The van der Waals surface area contributed by atoms with Crippen LogP contribution in [0.3, 0.4) is 0 Å². The highest BCUT2D eigenvalue weighted by molar-refractivity contribution is 6.36. The van der Waals surface area contributed by atoms with Crippen molar-refractivity contribution in [3.63, 3.8) is 0 Å². The third kappa shape index (κ3) is 4.99. The summed E-state index contributed by atoms with van der Waals surface area (Å²) in [4.78, 5) is 12.2. The summed E-state index contributed by atoms with van der Waals surface area (Å²) in [6, 6.07) is 10.2. The van der Waals surface area contributed by atoms with Crippen molar-refractivity contribution >= 4 is 40.9 Å². The Morgan fingerprint density at radius 2 is 1.76 bits per heavy atom. The average Bonchev–Trinajstić information content (AvgIpc) is 2.55. The molecule has 0 atom stereocenters. The van der Waals surface area contributed by atoms with Crippen LogP contribution >= 0.6 is 23.2 Å². The molecule has 0 aliphatic rings. The van der Waals surface area contributed by atoms with E-state index in [1.54, 1.807) is 6.07 Å². The second-order valence-corrected chi connectivity index (χ2v) is 5.71. The molecule has 0 unspecified atom stereocenters. The van der Waals surface area contributed by atoms with Gasteiger partial charge in [-0.3, -0.25) is 4.79 Å². The molecular weight excluding hydrogens is 376 g/mol. The van der Waals surface area contributed by atoms with E-state index < -0.39 is 17.6 Å². The molecule has 0 aliphatic carbocycles. The molecule has 1 amide bonds. The maximum absolute atomic E-state index is 12.5. The number of hydrogen-bond donors (Lipinski definition) is 1. The van der Waals surface area contributed by atoms with Crippen molar-refractivity contribution in [2.45, 2.75) is 6.18 Å². The van der Waals surface area contributed by atoms with Gasteiger partial charge in [0.2, 0.25) is 0 Å². The van der Waals surface area contributed by atoms with E-state index in [2.05, 4.69) is 5.32 Å². The van der Waals surface area contributed by atoms with E-state index in [0.29, 0.717) is 5.02 Å². The first-order valence-electron chi connectivity index (χ1n) is 6.76. The molecule has 0 saturated carbocycles. The Labute approximate surface area is 151 Å². The van der Waals surface area contributed by atoms with Crippen LogP contribution in [0.25, 0.3) is 6.08 Å². The molecule has 8 heteroatoms. The van der Waals surface area contributed by atoms with Gasteiger partial charge in [-0.1, -0.05) is 35.3 Å².